The second kappa shape index (κ2) is 4.07. The summed E-state index contributed by atoms with van der Waals surface area (Å²) in [5.41, 5.74) is -0.0322. The SMILES string of the molecule is CC1(C)CCC(CNCC(=O)O)O1. The molecular weight excluding hydrogens is 170 g/mol. The summed E-state index contributed by atoms with van der Waals surface area (Å²) in [6, 6.07) is 0. The molecule has 0 radical (unpaired) electrons. The molecule has 13 heavy (non-hydrogen) atoms. The number of hydrogen-bond acceptors (Lipinski definition) is 3. The first-order valence-electron chi connectivity index (χ1n) is 4.60. The van der Waals surface area contributed by atoms with E-state index in [0.717, 1.165) is 12.8 Å². The lowest BCUT2D eigenvalue weighted by Crippen LogP contribution is -2.32. The predicted molar refractivity (Wildman–Crippen MR) is 48.7 cm³/mol. The monoisotopic (exact) mass is 187 g/mol. The standard InChI is InChI=1S/C9H17NO3/c1-9(2)4-3-7(13-9)5-10-6-8(11)12/h7,10H,3-6H2,1-2H3,(H,11,12). The normalized spacial score (nSPS) is 26.2. The second-order valence-electron chi connectivity index (χ2n) is 4.06. The van der Waals surface area contributed by atoms with E-state index >= 15 is 0 Å². The first kappa shape index (κ1) is 10.5. The highest BCUT2D eigenvalue weighted by molar-refractivity contribution is 5.68. The number of nitrogens with one attached hydrogen (secondary N) is 1. The molecule has 1 rings (SSSR count). The lowest BCUT2D eigenvalue weighted by molar-refractivity contribution is -0.136. The van der Waals surface area contributed by atoms with Crippen molar-refractivity contribution in [3.05, 3.63) is 0 Å². The third-order valence-electron chi connectivity index (χ3n) is 2.20. The molecule has 0 spiro atoms. The van der Waals surface area contributed by atoms with E-state index in [4.69, 9.17) is 9.84 Å². The first-order valence-corrected chi connectivity index (χ1v) is 4.60. The minimum Gasteiger partial charge on any atom is -0.480 e. The number of carbonyl (C=O) groups is 1. The smallest absolute Gasteiger partial charge is 0.317 e. The van der Waals surface area contributed by atoms with E-state index in [0.29, 0.717) is 6.54 Å². The Kier molecular flexibility index (Phi) is 3.27. The molecule has 1 unspecified atom stereocenters. The minimum absolute atomic E-state index is 0.0142. The van der Waals surface area contributed by atoms with E-state index in [2.05, 4.69) is 19.2 Å². The molecule has 0 bridgehead atoms. The average Bonchev–Trinajstić information content (AvgIpc) is 2.29. The zero-order chi connectivity index (χ0) is 9.90. The molecule has 0 aromatic heterocycles. The Balaban J connectivity index is 2.14. The van der Waals surface area contributed by atoms with Gasteiger partial charge in [-0.2, -0.15) is 0 Å². The van der Waals surface area contributed by atoms with E-state index in [9.17, 15) is 4.79 Å². The van der Waals surface area contributed by atoms with E-state index in [1.807, 2.05) is 0 Å². The third-order valence-corrected chi connectivity index (χ3v) is 2.20. The van der Waals surface area contributed by atoms with Gasteiger partial charge in [-0.05, 0) is 26.7 Å². The van der Waals surface area contributed by atoms with Crippen LogP contribution >= 0.6 is 0 Å². The minimum atomic E-state index is -0.822. The highest BCUT2D eigenvalue weighted by Gasteiger charge is 2.31. The molecule has 76 valence electrons. The molecule has 2 N–H and O–H groups in total. The van der Waals surface area contributed by atoms with Crippen molar-refractivity contribution in [1.82, 2.24) is 5.32 Å². The molecule has 0 saturated carbocycles. The van der Waals surface area contributed by atoms with Crippen molar-refractivity contribution < 1.29 is 14.6 Å². The second-order valence-corrected chi connectivity index (χ2v) is 4.06. The molecule has 4 heteroatoms. The van der Waals surface area contributed by atoms with Crippen molar-refractivity contribution in [1.29, 1.82) is 0 Å². The summed E-state index contributed by atoms with van der Waals surface area (Å²) in [6.45, 7) is 4.77. The van der Waals surface area contributed by atoms with Crippen molar-refractivity contribution in [3.8, 4) is 0 Å². The summed E-state index contributed by atoms with van der Waals surface area (Å²) in [7, 11) is 0. The Morgan fingerprint density at radius 2 is 2.38 bits per heavy atom. The van der Waals surface area contributed by atoms with Gasteiger partial charge in [0.05, 0.1) is 18.2 Å². The van der Waals surface area contributed by atoms with Gasteiger partial charge in [-0.1, -0.05) is 0 Å². The van der Waals surface area contributed by atoms with Gasteiger partial charge in [-0.15, -0.1) is 0 Å². The number of rotatable bonds is 4. The van der Waals surface area contributed by atoms with Crippen molar-refractivity contribution in [2.24, 2.45) is 0 Å². The number of hydrogen-bond donors (Lipinski definition) is 2. The summed E-state index contributed by atoms with van der Waals surface area (Å²) in [5, 5.41) is 11.2. The van der Waals surface area contributed by atoms with Crippen LogP contribution in [-0.2, 0) is 9.53 Å². The molecule has 4 nitrogen and oxygen atoms in total. The summed E-state index contributed by atoms with van der Waals surface area (Å²) in [5.74, 6) is -0.822. The van der Waals surface area contributed by atoms with E-state index in [1.54, 1.807) is 0 Å². The third kappa shape index (κ3) is 3.74. The first-order chi connectivity index (χ1) is 5.99. The zero-order valence-corrected chi connectivity index (χ0v) is 8.17. The van der Waals surface area contributed by atoms with Crippen LogP contribution in [-0.4, -0.2) is 35.9 Å². The van der Waals surface area contributed by atoms with Crippen molar-refractivity contribution in [2.45, 2.75) is 38.4 Å². The largest absolute Gasteiger partial charge is 0.480 e. The Hall–Kier alpha value is -0.610. The highest BCUT2D eigenvalue weighted by Crippen LogP contribution is 2.28. The van der Waals surface area contributed by atoms with Gasteiger partial charge < -0.3 is 15.2 Å². The van der Waals surface area contributed by atoms with Crippen LogP contribution in [0.4, 0.5) is 0 Å². The van der Waals surface area contributed by atoms with E-state index in [1.165, 1.54) is 0 Å². The summed E-state index contributed by atoms with van der Waals surface area (Å²) >= 11 is 0. The van der Waals surface area contributed by atoms with Gasteiger partial charge in [0.1, 0.15) is 0 Å². The Bertz CT molecular complexity index is 191. The average molecular weight is 187 g/mol. The van der Waals surface area contributed by atoms with Crippen LogP contribution in [0, 0.1) is 0 Å². The van der Waals surface area contributed by atoms with Gasteiger partial charge in [0.15, 0.2) is 0 Å². The van der Waals surface area contributed by atoms with Gasteiger partial charge in [-0.3, -0.25) is 4.79 Å². The van der Waals surface area contributed by atoms with Crippen LogP contribution in [0.3, 0.4) is 0 Å². The van der Waals surface area contributed by atoms with Crippen LogP contribution in [0.25, 0.3) is 0 Å². The van der Waals surface area contributed by atoms with Crippen LogP contribution in [0.5, 0.6) is 0 Å². The molecule has 1 aliphatic rings. The number of aliphatic carboxylic acids is 1. The molecule has 0 aromatic carbocycles. The number of ether oxygens (including phenoxy) is 1. The number of carboxylic acids is 1. The van der Waals surface area contributed by atoms with Crippen LogP contribution in [0.1, 0.15) is 26.7 Å². The topological polar surface area (TPSA) is 58.6 Å². The molecule has 0 aromatic rings. The maximum atomic E-state index is 10.2. The predicted octanol–water partition coefficient (Wildman–Crippen LogP) is 0.618. The van der Waals surface area contributed by atoms with Crippen molar-refractivity contribution in [3.63, 3.8) is 0 Å². The molecule has 1 atom stereocenters. The maximum absolute atomic E-state index is 10.2. The molecule has 1 heterocycles. The summed E-state index contributed by atoms with van der Waals surface area (Å²) in [4.78, 5) is 10.2. The van der Waals surface area contributed by atoms with Crippen LogP contribution in [0.2, 0.25) is 0 Å². The quantitative estimate of drug-likeness (QED) is 0.677. The lowest BCUT2D eigenvalue weighted by atomic mass is 10.1. The fourth-order valence-electron chi connectivity index (χ4n) is 1.56. The van der Waals surface area contributed by atoms with Crippen LogP contribution in [0.15, 0.2) is 0 Å². The van der Waals surface area contributed by atoms with Gasteiger partial charge >= 0.3 is 5.97 Å². The summed E-state index contributed by atoms with van der Waals surface area (Å²) < 4.78 is 5.68. The lowest BCUT2D eigenvalue weighted by Gasteiger charge is -2.19. The van der Waals surface area contributed by atoms with Crippen molar-refractivity contribution in [2.75, 3.05) is 13.1 Å². The summed E-state index contributed by atoms with van der Waals surface area (Å²) in [6.07, 6.45) is 2.24. The Labute approximate surface area is 78.3 Å². The molecule has 1 saturated heterocycles. The fraction of sp³-hybridized carbons (Fsp3) is 0.889. The molecule has 1 aliphatic heterocycles. The molecule has 0 aliphatic carbocycles. The molecular formula is C9H17NO3. The Morgan fingerprint density at radius 1 is 1.69 bits per heavy atom. The molecule has 1 fully saturated rings. The van der Waals surface area contributed by atoms with Crippen LogP contribution < -0.4 is 5.32 Å². The zero-order valence-electron chi connectivity index (χ0n) is 8.17. The van der Waals surface area contributed by atoms with Gasteiger partial charge in [0.25, 0.3) is 0 Å². The number of carboxylic acid groups (broad SMARTS) is 1. The molecule has 0 amide bonds. The van der Waals surface area contributed by atoms with Gasteiger partial charge in [0.2, 0.25) is 0 Å². The van der Waals surface area contributed by atoms with Crippen molar-refractivity contribution >= 4 is 5.97 Å². The van der Waals surface area contributed by atoms with E-state index in [-0.39, 0.29) is 18.2 Å². The fourth-order valence-corrected chi connectivity index (χ4v) is 1.56. The van der Waals surface area contributed by atoms with Gasteiger partial charge in [-0.25, -0.2) is 0 Å². The highest BCUT2D eigenvalue weighted by atomic mass is 16.5. The Morgan fingerprint density at radius 3 is 2.85 bits per heavy atom. The van der Waals surface area contributed by atoms with Gasteiger partial charge in [0, 0.05) is 6.54 Å². The van der Waals surface area contributed by atoms with E-state index < -0.39 is 5.97 Å². The maximum Gasteiger partial charge on any atom is 0.317 e.